The average molecular weight is 606 g/mol. The van der Waals surface area contributed by atoms with Gasteiger partial charge in [0.15, 0.2) is 11.4 Å². The summed E-state index contributed by atoms with van der Waals surface area (Å²) in [5, 5.41) is 17.2. The van der Waals surface area contributed by atoms with Crippen LogP contribution in [0.1, 0.15) is 75.3 Å². The lowest BCUT2D eigenvalue weighted by Gasteiger charge is -2.23. The maximum absolute atomic E-state index is 12.3. The number of aromatic nitrogens is 2. The summed E-state index contributed by atoms with van der Waals surface area (Å²) in [5.74, 6) is 6.86. The third kappa shape index (κ3) is 10.3. The number of carbonyl (C=O) groups excluding carboxylic acids is 1. The molecular weight excluding hydrogens is 566 g/mol. The number of nitro groups is 1. The van der Waals surface area contributed by atoms with E-state index in [9.17, 15) is 14.9 Å². The van der Waals surface area contributed by atoms with E-state index in [0.717, 1.165) is 54.3 Å². The highest BCUT2D eigenvalue weighted by atomic mass is 32.1. The van der Waals surface area contributed by atoms with Gasteiger partial charge in [0.2, 0.25) is 0 Å². The standard InChI is InChI=1S/C32H39N5O5S/c1-32(2,3)42-31(38)26-23-43-30(35-26)25-14-16-34-29(22-25)33-15-6-4-9-20-41-28-21-24(12-13-27(28)37(39)40)11-10-19-36-17-7-5-8-18-36/h12-14,16,21-23H,4-9,15,17-20H2,1-3H3,(H,33,34). The van der Waals surface area contributed by atoms with Crippen molar-refractivity contribution < 1.29 is 19.2 Å². The van der Waals surface area contributed by atoms with Crippen molar-refractivity contribution in [1.82, 2.24) is 14.9 Å². The summed E-state index contributed by atoms with van der Waals surface area (Å²) < 4.78 is 11.2. The molecule has 1 aliphatic heterocycles. The van der Waals surface area contributed by atoms with Crippen molar-refractivity contribution in [3.8, 4) is 28.2 Å². The van der Waals surface area contributed by atoms with E-state index >= 15 is 0 Å². The number of unbranched alkanes of at least 4 members (excludes halogenated alkanes) is 2. The second-order valence-corrected chi connectivity index (χ2v) is 12.2. The molecule has 228 valence electrons. The molecule has 1 N–H and O–H groups in total. The number of thiazole rings is 1. The second kappa shape index (κ2) is 15.5. The Morgan fingerprint density at radius 2 is 1.95 bits per heavy atom. The van der Waals surface area contributed by atoms with Crippen LogP contribution in [-0.2, 0) is 4.74 Å². The Kier molecular flexibility index (Phi) is 11.5. The Hall–Kier alpha value is -4.01. The number of nitrogens with zero attached hydrogens (tertiary/aromatic N) is 4. The molecule has 3 aromatic rings. The van der Waals surface area contributed by atoms with Crippen LogP contribution in [0.2, 0.25) is 0 Å². The van der Waals surface area contributed by atoms with Crippen molar-refractivity contribution in [2.24, 2.45) is 0 Å². The number of hydrogen-bond donors (Lipinski definition) is 1. The molecule has 11 heteroatoms. The number of likely N-dealkylation sites (tertiary alicyclic amines) is 1. The normalized spacial score (nSPS) is 13.6. The molecule has 1 saturated heterocycles. The first-order valence-electron chi connectivity index (χ1n) is 14.7. The minimum Gasteiger partial charge on any atom is -0.487 e. The van der Waals surface area contributed by atoms with E-state index in [4.69, 9.17) is 9.47 Å². The Labute approximate surface area is 257 Å². The molecule has 1 fully saturated rings. The van der Waals surface area contributed by atoms with Crippen LogP contribution in [0.25, 0.3) is 10.6 Å². The summed E-state index contributed by atoms with van der Waals surface area (Å²) in [4.78, 5) is 34.5. The molecule has 0 saturated carbocycles. The van der Waals surface area contributed by atoms with E-state index < -0.39 is 16.5 Å². The third-order valence-corrected chi connectivity index (χ3v) is 7.54. The minimum atomic E-state index is -0.578. The number of pyridine rings is 1. The summed E-state index contributed by atoms with van der Waals surface area (Å²) in [6, 6.07) is 8.57. The van der Waals surface area contributed by atoms with Crippen LogP contribution in [-0.4, -0.2) is 64.1 Å². The highest BCUT2D eigenvalue weighted by Crippen LogP contribution is 2.28. The zero-order valence-corrected chi connectivity index (χ0v) is 25.9. The van der Waals surface area contributed by atoms with Gasteiger partial charge in [0.1, 0.15) is 16.4 Å². The molecule has 0 spiro atoms. The van der Waals surface area contributed by atoms with Crippen LogP contribution in [0.3, 0.4) is 0 Å². The maximum atomic E-state index is 12.3. The number of esters is 1. The fourth-order valence-electron chi connectivity index (χ4n) is 4.52. The third-order valence-electron chi connectivity index (χ3n) is 6.64. The molecule has 1 aromatic carbocycles. The topological polar surface area (TPSA) is 120 Å². The van der Waals surface area contributed by atoms with E-state index in [2.05, 4.69) is 32.0 Å². The molecule has 0 bridgehead atoms. The lowest BCUT2D eigenvalue weighted by atomic mass is 10.1. The summed E-state index contributed by atoms with van der Waals surface area (Å²) in [7, 11) is 0. The largest absolute Gasteiger partial charge is 0.487 e. The second-order valence-electron chi connectivity index (χ2n) is 11.4. The monoisotopic (exact) mass is 605 g/mol. The van der Waals surface area contributed by atoms with Gasteiger partial charge in [-0.2, -0.15) is 0 Å². The molecule has 2 aromatic heterocycles. The van der Waals surface area contributed by atoms with Gasteiger partial charge in [-0.05, 0) is 84.2 Å². The van der Waals surface area contributed by atoms with Crippen LogP contribution >= 0.6 is 11.3 Å². The van der Waals surface area contributed by atoms with Gasteiger partial charge in [0.25, 0.3) is 0 Å². The number of benzene rings is 1. The molecule has 4 rings (SSSR count). The predicted octanol–water partition coefficient (Wildman–Crippen LogP) is 6.57. The fraction of sp³-hybridized carbons (Fsp3) is 0.469. The van der Waals surface area contributed by atoms with Crippen LogP contribution in [0.4, 0.5) is 11.5 Å². The SMILES string of the molecule is CC(C)(C)OC(=O)c1csc(-c2ccnc(NCCCCCOc3cc(C#CCN4CCCCC4)ccc3[N+](=O)[O-])c2)n1. The van der Waals surface area contributed by atoms with Crippen LogP contribution in [0.5, 0.6) is 5.75 Å². The molecule has 0 radical (unpaired) electrons. The van der Waals surface area contributed by atoms with Crippen molar-refractivity contribution in [3.05, 3.63) is 63.3 Å². The molecule has 10 nitrogen and oxygen atoms in total. The molecule has 3 heterocycles. The lowest BCUT2D eigenvalue weighted by Crippen LogP contribution is -2.29. The van der Waals surface area contributed by atoms with E-state index in [1.165, 1.54) is 36.7 Å². The van der Waals surface area contributed by atoms with Crippen molar-refractivity contribution in [3.63, 3.8) is 0 Å². The average Bonchev–Trinajstić information content (AvgIpc) is 3.48. The number of ether oxygens (including phenoxy) is 2. The molecule has 43 heavy (non-hydrogen) atoms. The summed E-state index contributed by atoms with van der Waals surface area (Å²) in [5.41, 5.74) is 1.25. The van der Waals surface area contributed by atoms with Crippen molar-refractivity contribution in [2.75, 3.05) is 38.1 Å². The minimum absolute atomic E-state index is 0.0485. The number of hydrogen-bond acceptors (Lipinski definition) is 10. The van der Waals surface area contributed by atoms with Gasteiger partial charge in [-0.25, -0.2) is 14.8 Å². The number of anilines is 1. The van der Waals surface area contributed by atoms with Gasteiger partial charge in [0, 0.05) is 41.4 Å². The Bertz CT molecular complexity index is 1450. The predicted molar refractivity (Wildman–Crippen MR) is 169 cm³/mol. The van der Waals surface area contributed by atoms with Gasteiger partial charge in [-0.1, -0.05) is 18.3 Å². The molecule has 0 unspecified atom stereocenters. The molecule has 0 aliphatic carbocycles. The Balaban J connectivity index is 1.21. The molecular formula is C32H39N5O5S. The quantitative estimate of drug-likeness (QED) is 0.0804. The fourth-order valence-corrected chi connectivity index (χ4v) is 5.31. The van der Waals surface area contributed by atoms with Gasteiger partial charge >= 0.3 is 11.7 Å². The van der Waals surface area contributed by atoms with Crippen LogP contribution < -0.4 is 10.1 Å². The highest BCUT2D eigenvalue weighted by Gasteiger charge is 2.21. The van der Waals surface area contributed by atoms with E-state index in [-0.39, 0.29) is 11.4 Å². The number of nitro benzene ring substituents is 1. The summed E-state index contributed by atoms with van der Waals surface area (Å²) in [6.07, 6.45) is 7.92. The highest BCUT2D eigenvalue weighted by molar-refractivity contribution is 7.13. The maximum Gasteiger partial charge on any atom is 0.358 e. The van der Waals surface area contributed by atoms with Gasteiger partial charge < -0.3 is 14.8 Å². The van der Waals surface area contributed by atoms with Gasteiger partial charge in [-0.3, -0.25) is 15.0 Å². The molecule has 1 aliphatic rings. The van der Waals surface area contributed by atoms with Crippen molar-refractivity contribution >= 4 is 28.8 Å². The molecule has 0 atom stereocenters. The Morgan fingerprint density at radius 1 is 1.14 bits per heavy atom. The van der Waals surface area contributed by atoms with Crippen LogP contribution in [0.15, 0.2) is 41.9 Å². The first kappa shape index (κ1) is 31.9. The van der Waals surface area contributed by atoms with Crippen molar-refractivity contribution in [1.29, 1.82) is 0 Å². The first-order valence-corrected chi connectivity index (χ1v) is 15.6. The number of rotatable bonds is 12. The number of nitrogens with one attached hydrogen (secondary N) is 1. The van der Waals surface area contributed by atoms with Gasteiger partial charge in [0.05, 0.1) is 18.1 Å². The lowest BCUT2D eigenvalue weighted by molar-refractivity contribution is -0.385. The van der Waals surface area contributed by atoms with E-state index in [0.29, 0.717) is 25.4 Å². The van der Waals surface area contributed by atoms with Crippen molar-refractivity contribution in [2.45, 2.75) is 64.9 Å². The smallest absolute Gasteiger partial charge is 0.358 e. The number of carbonyl (C=O) groups is 1. The van der Waals surface area contributed by atoms with E-state index in [1.54, 1.807) is 23.7 Å². The van der Waals surface area contributed by atoms with Gasteiger partial charge in [-0.15, -0.1) is 11.3 Å². The van der Waals surface area contributed by atoms with E-state index in [1.807, 2.05) is 32.9 Å². The summed E-state index contributed by atoms with van der Waals surface area (Å²) in [6.45, 7) is 9.42. The zero-order chi connectivity index (χ0) is 30.7. The zero-order valence-electron chi connectivity index (χ0n) is 25.1. The van der Waals surface area contributed by atoms with Crippen LogP contribution in [0, 0.1) is 22.0 Å². The number of piperidine rings is 1. The molecule has 0 amide bonds. The first-order chi connectivity index (χ1) is 20.7. The Morgan fingerprint density at radius 3 is 2.72 bits per heavy atom. The summed E-state index contributed by atoms with van der Waals surface area (Å²) >= 11 is 1.38.